The second-order valence-corrected chi connectivity index (χ2v) is 4.63. The van der Waals surface area contributed by atoms with Crippen LogP contribution in [0.5, 0.6) is 0 Å². The average Bonchev–Trinajstić information content (AvgIpc) is 2.30. The summed E-state index contributed by atoms with van der Waals surface area (Å²) in [6.07, 6.45) is 0. The molecule has 0 radical (unpaired) electrons. The van der Waals surface area contributed by atoms with Gasteiger partial charge in [0, 0.05) is 9.80 Å². The summed E-state index contributed by atoms with van der Waals surface area (Å²) >= 11 is 7.13. The van der Waals surface area contributed by atoms with Crippen molar-refractivity contribution in [1.29, 1.82) is 0 Å². The summed E-state index contributed by atoms with van der Waals surface area (Å²) in [6.45, 7) is 0. The summed E-state index contributed by atoms with van der Waals surface area (Å²) in [5.74, 6) is 0. The average molecular weight is 326 g/mol. The van der Waals surface area contributed by atoms with Gasteiger partial charge in [-0.25, -0.2) is 0 Å². The molecule has 0 nitrogen and oxygen atoms in total. The van der Waals surface area contributed by atoms with E-state index in [1.165, 1.54) is 21.2 Å². The van der Waals surface area contributed by atoms with Crippen LogP contribution in [0.2, 0.25) is 0 Å². The molecule has 0 amide bonds. The Morgan fingerprint density at radius 3 is 2.27 bits per heavy atom. The number of hydrogen-bond donors (Lipinski definition) is 0. The van der Waals surface area contributed by atoms with Gasteiger partial charge in [-0.3, -0.25) is 0 Å². The number of rotatable bonds is 2. The smallest absolute Gasteiger partial charge is 0.0294 e. The van der Waals surface area contributed by atoms with Crippen molar-refractivity contribution in [2.24, 2.45) is 0 Å². The monoisotopic (exact) mass is 324 g/mol. The highest BCUT2D eigenvalue weighted by Crippen LogP contribution is 2.31. The van der Waals surface area contributed by atoms with Crippen LogP contribution >= 0.6 is 31.9 Å². The molecule has 2 rings (SSSR count). The Kier molecular flexibility index (Phi) is 3.60. The summed E-state index contributed by atoms with van der Waals surface area (Å²) in [7, 11) is 0. The van der Waals surface area contributed by atoms with E-state index in [1.807, 2.05) is 6.07 Å². The highest BCUT2D eigenvalue weighted by atomic mass is 79.9. The third-order valence-corrected chi connectivity index (χ3v) is 3.85. The number of halogens is 2. The second kappa shape index (κ2) is 4.95. The van der Waals surface area contributed by atoms with E-state index in [-0.39, 0.29) is 0 Å². The van der Waals surface area contributed by atoms with Crippen molar-refractivity contribution in [2.75, 3.05) is 0 Å². The minimum Gasteiger partial charge on any atom is -0.0876 e. The molecule has 0 aliphatic carbocycles. The van der Waals surface area contributed by atoms with Crippen molar-refractivity contribution in [3.63, 3.8) is 0 Å². The second-order valence-electron chi connectivity index (χ2n) is 3.28. The number of hydrogen-bond acceptors (Lipinski definition) is 0. The van der Waals surface area contributed by atoms with Crippen LogP contribution in [0.3, 0.4) is 0 Å². The molecule has 0 saturated heterocycles. The molecule has 0 unspecified atom stereocenters. The van der Waals surface area contributed by atoms with Gasteiger partial charge in [0.15, 0.2) is 0 Å². The summed E-state index contributed by atoms with van der Waals surface area (Å²) in [5, 5.41) is 0.869. The van der Waals surface area contributed by atoms with Gasteiger partial charge in [-0.1, -0.05) is 64.5 Å². The Balaban J connectivity index is 2.54. The zero-order chi connectivity index (χ0) is 10.7. The molecule has 0 heterocycles. The largest absolute Gasteiger partial charge is 0.0876 e. The van der Waals surface area contributed by atoms with E-state index in [2.05, 4.69) is 74.3 Å². The molecule has 0 saturated carbocycles. The van der Waals surface area contributed by atoms with Crippen molar-refractivity contribution >= 4 is 31.9 Å². The predicted octanol–water partition coefficient (Wildman–Crippen LogP) is 5.01. The van der Waals surface area contributed by atoms with E-state index in [0.29, 0.717) is 0 Å². The van der Waals surface area contributed by atoms with Crippen molar-refractivity contribution < 1.29 is 0 Å². The molecule has 0 fully saturated rings. The van der Waals surface area contributed by atoms with Crippen LogP contribution in [0.25, 0.3) is 11.1 Å². The minimum absolute atomic E-state index is 0.869. The molecule has 2 aromatic rings. The van der Waals surface area contributed by atoms with Crippen LogP contribution in [0.1, 0.15) is 5.56 Å². The molecule has 0 aromatic heterocycles. The van der Waals surface area contributed by atoms with Crippen LogP contribution in [0, 0.1) is 0 Å². The van der Waals surface area contributed by atoms with Gasteiger partial charge in [-0.2, -0.15) is 0 Å². The van der Waals surface area contributed by atoms with Gasteiger partial charge in [-0.15, -0.1) is 0 Å². The Morgan fingerprint density at radius 1 is 0.867 bits per heavy atom. The van der Waals surface area contributed by atoms with Crippen LogP contribution < -0.4 is 0 Å². The predicted molar refractivity (Wildman–Crippen MR) is 72.2 cm³/mol. The molecule has 2 heteroatoms. The highest BCUT2D eigenvalue weighted by molar-refractivity contribution is 9.11. The van der Waals surface area contributed by atoms with Crippen LogP contribution in [0.4, 0.5) is 0 Å². The van der Waals surface area contributed by atoms with Crippen molar-refractivity contribution in [1.82, 2.24) is 0 Å². The molecule has 2 aromatic carbocycles. The Labute approximate surface area is 107 Å². The van der Waals surface area contributed by atoms with E-state index < -0.39 is 0 Å². The van der Waals surface area contributed by atoms with Crippen molar-refractivity contribution in [2.45, 2.75) is 5.33 Å². The fourth-order valence-corrected chi connectivity index (χ4v) is 3.00. The van der Waals surface area contributed by atoms with Crippen molar-refractivity contribution in [3.05, 3.63) is 58.6 Å². The Hall–Kier alpha value is -0.600. The van der Waals surface area contributed by atoms with Gasteiger partial charge in [0.2, 0.25) is 0 Å². The van der Waals surface area contributed by atoms with Crippen LogP contribution in [-0.2, 0) is 5.33 Å². The maximum absolute atomic E-state index is 3.65. The molecule has 15 heavy (non-hydrogen) atoms. The molecule has 0 aliphatic rings. The van der Waals surface area contributed by atoms with E-state index in [9.17, 15) is 0 Å². The van der Waals surface area contributed by atoms with Crippen LogP contribution in [-0.4, -0.2) is 0 Å². The van der Waals surface area contributed by atoms with Gasteiger partial charge in [-0.05, 0) is 32.6 Å². The quantitative estimate of drug-likeness (QED) is 0.681. The first-order valence-electron chi connectivity index (χ1n) is 4.71. The first-order chi connectivity index (χ1) is 7.33. The van der Waals surface area contributed by atoms with Crippen LogP contribution in [0.15, 0.2) is 53.0 Å². The van der Waals surface area contributed by atoms with Gasteiger partial charge >= 0.3 is 0 Å². The first-order valence-corrected chi connectivity index (χ1v) is 6.63. The topological polar surface area (TPSA) is 0 Å². The standard InChI is InChI=1S/C13H10Br2/c14-9-11-7-4-8-12(13(11)15)10-5-2-1-3-6-10/h1-8H,9H2. The highest BCUT2D eigenvalue weighted by Gasteiger charge is 2.05. The fraction of sp³-hybridized carbons (Fsp3) is 0.0769. The maximum Gasteiger partial charge on any atom is 0.0294 e. The zero-order valence-corrected chi connectivity index (χ0v) is 11.3. The molecular weight excluding hydrogens is 316 g/mol. The summed E-state index contributed by atoms with van der Waals surface area (Å²) in [6, 6.07) is 16.7. The number of alkyl halides is 1. The lowest BCUT2D eigenvalue weighted by molar-refractivity contribution is 1.40. The van der Waals surface area contributed by atoms with E-state index in [0.717, 1.165) is 5.33 Å². The SMILES string of the molecule is BrCc1cccc(-c2ccccc2)c1Br. The Morgan fingerprint density at radius 2 is 1.60 bits per heavy atom. The van der Waals surface area contributed by atoms with Gasteiger partial charge in [0.05, 0.1) is 0 Å². The molecule has 76 valence electrons. The first kappa shape index (κ1) is 10.9. The van der Waals surface area contributed by atoms with Crippen molar-refractivity contribution in [3.8, 4) is 11.1 Å². The summed E-state index contributed by atoms with van der Waals surface area (Å²) in [4.78, 5) is 0. The van der Waals surface area contributed by atoms with Gasteiger partial charge in [0.25, 0.3) is 0 Å². The molecule has 0 aliphatic heterocycles. The van der Waals surface area contributed by atoms with E-state index in [1.54, 1.807) is 0 Å². The molecule has 0 bridgehead atoms. The summed E-state index contributed by atoms with van der Waals surface area (Å²) < 4.78 is 1.17. The van der Waals surface area contributed by atoms with Gasteiger partial charge in [0.1, 0.15) is 0 Å². The molecule has 0 atom stereocenters. The third kappa shape index (κ3) is 2.32. The molecule has 0 N–H and O–H groups in total. The Bertz CT molecular complexity index is 449. The number of benzene rings is 2. The lowest BCUT2D eigenvalue weighted by Crippen LogP contribution is -1.85. The molecule has 0 spiro atoms. The zero-order valence-electron chi connectivity index (χ0n) is 8.08. The lowest BCUT2D eigenvalue weighted by atomic mass is 10.0. The normalized spacial score (nSPS) is 10.3. The van der Waals surface area contributed by atoms with E-state index >= 15 is 0 Å². The molecular formula is C13H10Br2. The van der Waals surface area contributed by atoms with Gasteiger partial charge < -0.3 is 0 Å². The minimum atomic E-state index is 0.869. The van der Waals surface area contributed by atoms with E-state index in [4.69, 9.17) is 0 Å². The summed E-state index contributed by atoms with van der Waals surface area (Å²) in [5.41, 5.74) is 3.76. The fourth-order valence-electron chi connectivity index (χ4n) is 1.52. The third-order valence-electron chi connectivity index (χ3n) is 2.31. The maximum atomic E-state index is 3.65. The lowest BCUT2D eigenvalue weighted by Gasteiger charge is -2.07.